The van der Waals surface area contributed by atoms with E-state index in [0.717, 1.165) is 32.4 Å². The fourth-order valence-electron chi connectivity index (χ4n) is 1.93. The first kappa shape index (κ1) is 10.0. The Hall–Kier alpha value is -1.52. The second-order valence-corrected chi connectivity index (χ2v) is 3.73. The molecule has 5 heteroatoms. The van der Waals surface area contributed by atoms with Gasteiger partial charge < -0.3 is 10.4 Å². The minimum Gasteiger partial charge on any atom is -0.477 e. The molecule has 1 aliphatic heterocycles. The molecule has 1 aliphatic rings. The molecule has 5 nitrogen and oxygen atoms in total. The van der Waals surface area contributed by atoms with Crippen molar-refractivity contribution in [1.29, 1.82) is 0 Å². The van der Waals surface area contributed by atoms with Gasteiger partial charge in [0.25, 0.3) is 0 Å². The van der Waals surface area contributed by atoms with E-state index in [4.69, 9.17) is 5.11 Å². The highest BCUT2D eigenvalue weighted by Crippen LogP contribution is 2.24. The summed E-state index contributed by atoms with van der Waals surface area (Å²) in [5, 5.41) is 16.6. The Morgan fingerprint density at radius 3 is 3.13 bits per heavy atom. The van der Waals surface area contributed by atoms with E-state index in [1.165, 1.54) is 0 Å². The van der Waals surface area contributed by atoms with Crippen molar-refractivity contribution >= 4 is 11.8 Å². The summed E-state index contributed by atoms with van der Waals surface area (Å²) >= 11 is 0. The van der Waals surface area contributed by atoms with Crippen molar-refractivity contribution in [1.82, 2.24) is 9.78 Å². The van der Waals surface area contributed by atoms with Crippen LogP contribution < -0.4 is 5.32 Å². The predicted octanol–water partition coefficient (Wildman–Crippen LogP) is 1.35. The van der Waals surface area contributed by atoms with E-state index < -0.39 is 5.97 Å². The van der Waals surface area contributed by atoms with E-state index in [1.807, 2.05) is 6.92 Å². The lowest BCUT2D eigenvalue weighted by atomic mass is 10.1. The van der Waals surface area contributed by atoms with Gasteiger partial charge in [0.2, 0.25) is 0 Å². The summed E-state index contributed by atoms with van der Waals surface area (Å²) in [6.45, 7) is 3.67. The van der Waals surface area contributed by atoms with Crippen molar-refractivity contribution in [3.63, 3.8) is 0 Å². The molecule has 0 radical (unpaired) electrons. The summed E-state index contributed by atoms with van der Waals surface area (Å²) in [5.41, 5.74) is 1.06. The van der Waals surface area contributed by atoms with E-state index in [0.29, 0.717) is 17.1 Å². The first-order chi connectivity index (χ1) is 7.24. The van der Waals surface area contributed by atoms with Gasteiger partial charge in [-0.3, -0.25) is 0 Å². The molecule has 1 aromatic rings. The van der Waals surface area contributed by atoms with Crippen LogP contribution in [0.3, 0.4) is 0 Å². The Morgan fingerprint density at radius 2 is 2.47 bits per heavy atom. The Morgan fingerprint density at radius 1 is 1.67 bits per heavy atom. The molecule has 2 N–H and O–H groups in total. The zero-order valence-corrected chi connectivity index (χ0v) is 8.79. The molecule has 0 unspecified atom stereocenters. The number of anilines is 1. The second-order valence-electron chi connectivity index (χ2n) is 3.73. The molecular formula is C10H15N3O2. The number of aromatic nitrogens is 2. The number of nitrogens with one attached hydrogen (secondary N) is 1. The van der Waals surface area contributed by atoms with Crippen molar-refractivity contribution in [2.45, 2.75) is 32.7 Å². The van der Waals surface area contributed by atoms with Crippen LogP contribution in [0.15, 0.2) is 0 Å². The van der Waals surface area contributed by atoms with Crippen LogP contribution in [0.1, 0.15) is 35.8 Å². The minimum absolute atomic E-state index is 0.358. The van der Waals surface area contributed by atoms with Gasteiger partial charge in [-0.2, -0.15) is 5.10 Å². The zero-order chi connectivity index (χ0) is 10.8. The molecule has 0 aromatic carbocycles. The lowest BCUT2D eigenvalue weighted by Crippen LogP contribution is -2.19. The summed E-state index contributed by atoms with van der Waals surface area (Å²) < 4.78 is 1.78. The molecule has 0 fully saturated rings. The lowest BCUT2D eigenvalue weighted by Gasteiger charge is -2.15. The fourth-order valence-corrected chi connectivity index (χ4v) is 1.93. The average molecular weight is 209 g/mol. The largest absolute Gasteiger partial charge is 0.477 e. The molecule has 0 saturated heterocycles. The van der Waals surface area contributed by atoms with Crippen LogP contribution in [0.5, 0.6) is 0 Å². The van der Waals surface area contributed by atoms with Gasteiger partial charge in [-0.25, -0.2) is 9.48 Å². The molecule has 0 spiro atoms. The molecule has 0 saturated carbocycles. The van der Waals surface area contributed by atoms with Crippen molar-refractivity contribution < 1.29 is 9.90 Å². The van der Waals surface area contributed by atoms with Crippen LogP contribution >= 0.6 is 0 Å². The molecule has 0 aliphatic carbocycles. The number of aryl methyl sites for hydroxylation is 2. The molecule has 82 valence electrons. The Balaban J connectivity index is 2.46. The number of rotatable bonds is 3. The standard InChI is InChI=1S/C10H15N3O2/c1-2-4-7-8(10(14)15)9-11-5-3-6-13(9)12-7/h11H,2-6H2,1H3,(H,14,15). The van der Waals surface area contributed by atoms with E-state index in [2.05, 4.69) is 10.4 Å². The van der Waals surface area contributed by atoms with Crippen LogP contribution in [-0.2, 0) is 13.0 Å². The normalized spacial score (nSPS) is 14.5. The maximum Gasteiger partial charge on any atom is 0.341 e. The zero-order valence-electron chi connectivity index (χ0n) is 8.79. The van der Waals surface area contributed by atoms with Gasteiger partial charge in [-0.1, -0.05) is 13.3 Å². The Kier molecular flexibility index (Phi) is 2.62. The van der Waals surface area contributed by atoms with E-state index in [9.17, 15) is 4.79 Å². The Labute approximate surface area is 88.1 Å². The number of carboxylic acids is 1. The number of carboxylic acid groups (broad SMARTS) is 1. The highest BCUT2D eigenvalue weighted by molar-refractivity contribution is 5.94. The monoisotopic (exact) mass is 209 g/mol. The van der Waals surface area contributed by atoms with Crippen molar-refractivity contribution in [2.24, 2.45) is 0 Å². The summed E-state index contributed by atoms with van der Waals surface area (Å²) in [6.07, 6.45) is 2.64. The van der Waals surface area contributed by atoms with Crippen LogP contribution in [0.25, 0.3) is 0 Å². The van der Waals surface area contributed by atoms with E-state index in [1.54, 1.807) is 4.68 Å². The SMILES string of the molecule is CCCc1nn2c(c1C(=O)O)NCCC2. The highest BCUT2D eigenvalue weighted by Gasteiger charge is 2.24. The average Bonchev–Trinajstić information content (AvgIpc) is 2.56. The molecule has 2 rings (SSSR count). The lowest BCUT2D eigenvalue weighted by molar-refractivity contribution is 0.0696. The minimum atomic E-state index is -0.880. The molecular weight excluding hydrogens is 194 g/mol. The fraction of sp³-hybridized carbons (Fsp3) is 0.600. The molecule has 2 heterocycles. The summed E-state index contributed by atoms with van der Waals surface area (Å²) in [4.78, 5) is 11.1. The molecule has 0 bridgehead atoms. The second kappa shape index (κ2) is 3.92. The number of hydrogen-bond acceptors (Lipinski definition) is 3. The third-order valence-corrected chi connectivity index (χ3v) is 2.56. The van der Waals surface area contributed by atoms with Crippen molar-refractivity contribution in [3.05, 3.63) is 11.3 Å². The number of fused-ring (bicyclic) bond motifs is 1. The van der Waals surface area contributed by atoms with Crippen LogP contribution in [0, 0.1) is 0 Å². The number of hydrogen-bond donors (Lipinski definition) is 2. The van der Waals surface area contributed by atoms with Gasteiger partial charge in [0.15, 0.2) is 0 Å². The van der Waals surface area contributed by atoms with Crippen LogP contribution in [0.2, 0.25) is 0 Å². The van der Waals surface area contributed by atoms with Crippen LogP contribution in [0.4, 0.5) is 5.82 Å². The number of carbonyl (C=O) groups is 1. The first-order valence-electron chi connectivity index (χ1n) is 5.31. The summed E-state index contributed by atoms with van der Waals surface area (Å²) in [6, 6.07) is 0. The maximum absolute atomic E-state index is 11.1. The predicted molar refractivity (Wildman–Crippen MR) is 56.3 cm³/mol. The Bertz CT molecular complexity index is 384. The molecule has 0 atom stereocenters. The molecule has 0 amide bonds. The van der Waals surface area contributed by atoms with Gasteiger partial charge in [0.05, 0.1) is 5.69 Å². The van der Waals surface area contributed by atoms with Crippen LogP contribution in [-0.4, -0.2) is 27.4 Å². The third kappa shape index (κ3) is 1.69. The van der Waals surface area contributed by atoms with E-state index in [-0.39, 0.29) is 0 Å². The quantitative estimate of drug-likeness (QED) is 0.788. The van der Waals surface area contributed by atoms with Gasteiger partial charge in [0, 0.05) is 13.1 Å². The van der Waals surface area contributed by atoms with E-state index >= 15 is 0 Å². The smallest absolute Gasteiger partial charge is 0.341 e. The topological polar surface area (TPSA) is 67.2 Å². The summed E-state index contributed by atoms with van der Waals surface area (Å²) in [7, 11) is 0. The summed E-state index contributed by atoms with van der Waals surface area (Å²) in [5.74, 6) is -0.202. The van der Waals surface area contributed by atoms with Gasteiger partial charge in [-0.05, 0) is 12.8 Å². The van der Waals surface area contributed by atoms with Gasteiger partial charge >= 0.3 is 5.97 Å². The molecule has 1 aromatic heterocycles. The first-order valence-corrected chi connectivity index (χ1v) is 5.31. The highest BCUT2D eigenvalue weighted by atomic mass is 16.4. The number of aromatic carboxylic acids is 1. The number of nitrogens with zero attached hydrogens (tertiary/aromatic N) is 2. The molecule has 15 heavy (non-hydrogen) atoms. The van der Waals surface area contributed by atoms with Crippen molar-refractivity contribution in [2.75, 3.05) is 11.9 Å². The van der Waals surface area contributed by atoms with Gasteiger partial charge in [0.1, 0.15) is 11.4 Å². The third-order valence-electron chi connectivity index (χ3n) is 2.56. The van der Waals surface area contributed by atoms with Crippen molar-refractivity contribution in [3.8, 4) is 0 Å². The van der Waals surface area contributed by atoms with Gasteiger partial charge in [-0.15, -0.1) is 0 Å². The maximum atomic E-state index is 11.1.